The van der Waals surface area contributed by atoms with Crippen LogP contribution in [0.5, 0.6) is 0 Å². The number of unbranched alkanes of at least 4 members (excludes halogenated alkanes) is 29. The Bertz CT molecular complexity index is 1720. The summed E-state index contributed by atoms with van der Waals surface area (Å²) in [5, 5.41) is 22.3. The van der Waals surface area contributed by atoms with Crippen LogP contribution in [0.2, 0.25) is 0 Å². The fourth-order valence-corrected chi connectivity index (χ4v) is 11.4. The van der Waals surface area contributed by atoms with Crippen LogP contribution in [0.25, 0.3) is 0 Å². The molecule has 0 aromatic heterocycles. The molecule has 18 heteroatoms. The van der Waals surface area contributed by atoms with Gasteiger partial charge >= 0.3 is 35.8 Å². The van der Waals surface area contributed by atoms with Crippen molar-refractivity contribution in [1.82, 2.24) is 0 Å². The Balaban J connectivity index is -0.0000396. The van der Waals surface area contributed by atoms with Gasteiger partial charge in [0.15, 0.2) is 13.1 Å². The van der Waals surface area contributed by atoms with Gasteiger partial charge in [-0.15, -0.1) is 0 Å². The van der Waals surface area contributed by atoms with Crippen LogP contribution in [0.15, 0.2) is 24.3 Å². The molecule has 0 amide bonds. The topological polar surface area (TPSA) is 198 Å². The Morgan fingerprint density at radius 2 is 0.652 bits per heavy atom. The average Bonchev–Trinajstić information content (AvgIpc) is 1.53. The highest BCUT2D eigenvalue weighted by molar-refractivity contribution is 5.71. The maximum Gasteiger partial charge on any atom is 0.362 e. The highest BCUT2D eigenvalue weighted by Crippen LogP contribution is 2.20. The molecule has 0 saturated carbocycles. The first kappa shape index (κ1) is 92.9. The summed E-state index contributed by atoms with van der Waals surface area (Å²) in [4.78, 5) is 74.1. The molecule has 0 spiro atoms. The number of quaternary nitrogens is 2. The summed E-state index contributed by atoms with van der Waals surface area (Å²) < 4.78 is 34.3. The van der Waals surface area contributed by atoms with Gasteiger partial charge in [-0.2, -0.15) is 0 Å². The molecule has 92 heavy (non-hydrogen) atoms. The second kappa shape index (κ2) is 65.0. The summed E-state index contributed by atoms with van der Waals surface area (Å²) in [6.07, 6.45) is 46.1. The Kier molecular flexibility index (Phi) is 65.7. The first-order valence-electron chi connectivity index (χ1n) is 36.7. The maximum atomic E-state index is 13.3. The number of rotatable bonds is 65. The highest BCUT2D eigenvalue weighted by atomic mass is 35.5. The maximum absolute atomic E-state index is 13.3. The third-order valence-electron chi connectivity index (χ3n) is 17.3. The van der Waals surface area contributed by atoms with E-state index in [2.05, 4.69) is 39.8 Å². The summed E-state index contributed by atoms with van der Waals surface area (Å²) in [6, 6.07) is 0. The fourth-order valence-electron chi connectivity index (χ4n) is 11.4. The number of aliphatic hydroxyl groups excluding tert-OH is 2. The summed E-state index contributed by atoms with van der Waals surface area (Å²) in [7, 11) is 4.05. The molecule has 0 aliphatic heterocycles. The summed E-state index contributed by atoms with van der Waals surface area (Å²) in [5.41, 5.74) is 0. The number of allylic oxidation sites excluding steroid dienone is 2. The number of aliphatic hydroxyl groups is 2. The smallest absolute Gasteiger partial charge is 0.362 e. The number of halogens is 2. The number of carbonyl (C=O) groups excluding carboxylic acids is 6. The van der Waals surface area contributed by atoms with Gasteiger partial charge in [0, 0.05) is 26.7 Å². The van der Waals surface area contributed by atoms with Crippen molar-refractivity contribution in [2.24, 2.45) is 0 Å². The van der Waals surface area contributed by atoms with Gasteiger partial charge in [-0.25, -0.2) is 9.59 Å². The van der Waals surface area contributed by atoms with Crippen LogP contribution in [0.1, 0.15) is 311 Å². The van der Waals surface area contributed by atoms with E-state index in [0.717, 1.165) is 206 Å². The van der Waals surface area contributed by atoms with E-state index in [1.54, 1.807) is 0 Å². The van der Waals surface area contributed by atoms with Crippen molar-refractivity contribution >= 4 is 35.8 Å². The lowest BCUT2D eigenvalue weighted by Crippen LogP contribution is -3.00. The molecule has 0 aromatic rings. The van der Waals surface area contributed by atoms with Gasteiger partial charge in [-0.05, 0) is 116 Å². The summed E-state index contributed by atoms with van der Waals surface area (Å²) in [6.45, 7) is 16.0. The minimum Gasteiger partial charge on any atom is -1.00 e. The number of likely N-dealkylation sites (N-methyl/N-ethyl adjacent to an activating group) is 2. The van der Waals surface area contributed by atoms with Crippen molar-refractivity contribution in [2.75, 3.05) is 79.8 Å². The average molecular weight is 1350 g/mol. The standard InChI is InChI=1S/C74H138N2O14.2ClH/c1-9-13-17-35-45-55-75(7,57-61-85-65(5)77)63-73(83)89-69(51-39-15-11-3)67(79)49-41-31-25-19-21-27-33-43-53-71(81)87-59-47-37-29-23-24-30-38-48-60-88-72(82)54-44-34-28-22-20-26-32-42-50-68(80)70(52-40-16-12-4)90-74(84)64-76(8,58-62-86-66(6)78)56-46-36-18-14-10-2;;/h31-32,41-42,67-70,79-80H,9-30,33-40,43-64H2,1-8H3;2*1H/q+2;;/p-2/b41-31-,42-32-;;. The highest BCUT2D eigenvalue weighted by Gasteiger charge is 2.32. The van der Waals surface area contributed by atoms with Gasteiger partial charge in [-0.3, -0.25) is 19.2 Å². The summed E-state index contributed by atoms with van der Waals surface area (Å²) in [5.74, 6) is -1.49. The van der Waals surface area contributed by atoms with E-state index in [0.29, 0.717) is 73.8 Å². The van der Waals surface area contributed by atoms with Crippen LogP contribution in [-0.4, -0.2) is 159 Å². The molecule has 6 unspecified atom stereocenters. The van der Waals surface area contributed by atoms with Gasteiger partial charge in [0.1, 0.15) is 38.5 Å². The van der Waals surface area contributed by atoms with Gasteiger partial charge in [0.2, 0.25) is 0 Å². The summed E-state index contributed by atoms with van der Waals surface area (Å²) >= 11 is 0. The Labute approximate surface area is 573 Å². The molecule has 0 radical (unpaired) electrons. The van der Waals surface area contributed by atoms with Crippen molar-refractivity contribution in [1.29, 1.82) is 0 Å². The van der Waals surface area contributed by atoms with Crippen LogP contribution in [0.4, 0.5) is 0 Å². The molecule has 0 aromatic carbocycles. The van der Waals surface area contributed by atoms with E-state index in [-0.39, 0.29) is 86.9 Å². The van der Waals surface area contributed by atoms with E-state index >= 15 is 0 Å². The van der Waals surface area contributed by atoms with Crippen LogP contribution in [0, 0.1) is 0 Å². The third kappa shape index (κ3) is 59.2. The van der Waals surface area contributed by atoms with Gasteiger partial charge < -0.3 is 72.4 Å². The Hall–Kier alpha value is -3.28. The van der Waals surface area contributed by atoms with E-state index in [9.17, 15) is 39.0 Å². The van der Waals surface area contributed by atoms with Crippen molar-refractivity contribution in [3.63, 3.8) is 0 Å². The second-order valence-corrected chi connectivity index (χ2v) is 26.4. The molecule has 0 bridgehead atoms. The number of carbonyl (C=O) groups is 6. The monoisotopic (exact) mass is 1350 g/mol. The Morgan fingerprint density at radius 1 is 0.348 bits per heavy atom. The van der Waals surface area contributed by atoms with E-state index < -0.39 is 24.4 Å². The molecule has 542 valence electrons. The van der Waals surface area contributed by atoms with Crippen LogP contribution >= 0.6 is 0 Å². The van der Waals surface area contributed by atoms with Crippen molar-refractivity contribution in [2.45, 2.75) is 336 Å². The van der Waals surface area contributed by atoms with Crippen molar-refractivity contribution in [3.05, 3.63) is 24.3 Å². The predicted octanol–water partition coefficient (Wildman–Crippen LogP) is 10.2. The molecular weight excluding hydrogens is 1210 g/mol. The van der Waals surface area contributed by atoms with Crippen LogP contribution in [-0.2, 0) is 57.2 Å². The van der Waals surface area contributed by atoms with E-state index in [1.165, 1.54) is 52.4 Å². The molecular formula is C74H138Cl2N2O14. The lowest BCUT2D eigenvalue weighted by molar-refractivity contribution is -0.903. The third-order valence-corrected chi connectivity index (χ3v) is 17.3. The minimum atomic E-state index is -0.769. The number of nitrogens with zero attached hydrogens (tertiary/aromatic N) is 2. The second-order valence-electron chi connectivity index (χ2n) is 26.4. The zero-order valence-electron chi connectivity index (χ0n) is 59.8. The lowest BCUT2D eigenvalue weighted by atomic mass is 10.0. The zero-order chi connectivity index (χ0) is 66.6. The Morgan fingerprint density at radius 3 is 1.00 bits per heavy atom. The predicted molar refractivity (Wildman–Crippen MR) is 363 cm³/mol. The van der Waals surface area contributed by atoms with Crippen molar-refractivity contribution in [3.8, 4) is 0 Å². The molecule has 0 aliphatic rings. The quantitative estimate of drug-likeness (QED) is 0.0192. The molecule has 0 aliphatic carbocycles. The van der Waals surface area contributed by atoms with E-state index in [4.69, 9.17) is 28.4 Å². The lowest BCUT2D eigenvalue weighted by Gasteiger charge is -2.34. The molecule has 2 N–H and O–H groups in total. The first-order chi connectivity index (χ1) is 43.4. The van der Waals surface area contributed by atoms with Crippen LogP contribution < -0.4 is 24.8 Å². The van der Waals surface area contributed by atoms with Gasteiger partial charge in [-0.1, -0.05) is 193 Å². The van der Waals surface area contributed by atoms with Crippen molar-refractivity contribution < 1.29 is 101 Å². The first-order valence-corrected chi connectivity index (χ1v) is 36.7. The van der Waals surface area contributed by atoms with Gasteiger partial charge in [0.25, 0.3) is 0 Å². The zero-order valence-corrected chi connectivity index (χ0v) is 61.3. The number of ether oxygens (including phenoxy) is 6. The SMILES string of the molecule is CCCCCCC[N+](C)(CCOC(C)=O)CC(=O)OC(CCCCC)C(O)C/C=C\CCCCCCCC(=O)OCCCCCCCCCCOC(=O)CCCCCCC/C=C\CC(O)C(CCCCC)OC(=O)C[N+](C)(CCCCCCC)CCOC(C)=O.[Cl-].[Cl-]. The molecule has 0 saturated heterocycles. The molecule has 0 heterocycles. The van der Waals surface area contributed by atoms with Gasteiger partial charge in [0.05, 0.1) is 52.6 Å². The minimum absolute atomic E-state index is 0. The molecule has 16 nitrogen and oxygen atoms in total. The molecule has 0 rings (SSSR count). The normalized spacial score (nSPS) is 14.1. The van der Waals surface area contributed by atoms with Crippen LogP contribution in [0.3, 0.4) is 0 Å². The number of esters is 6. The number of hydrogen-bond acceptors (Lipinski definition) is 14. The molecule has 0 fully saturated rings. The van der Waals surface area contributed by atoms with E-state index in [1.807, 2.05) is 26.2 Å². The fraction of sp³-hybridized carbons (Fsp3) is 0.865. The number of hydrogen-bond donors (Lipinski definition) is 2. The molecule has 6 atom stereocenters. The largest absolute Gasteiger partial charge is 1.00 e.